The van der Waals surface area contributed by atoms with E-state index in [9.17, 15) is 0 Å². The maximum Gasteiger partial charge on any atom is 0.205 e. The molecule has 1 aromatic heterocycles. The number of benzene rings is 2. The number of H-pyrrole nitrogens is 1. The van der Waals surface area contributed by atoms with E-state index in [1.54, 1.807) is 0 Å². The first-order chi connectivity index (χ1) is 15.6. The predicted molar refractivity (Wildman–Crippen MR) is 127 cm³/mol. The second kappa shape index (κ2) is 8.68. The highest BCUT2D eigenvalue weighted by atomic mass is 32.1. The molecule has 2 aliphatic rings. The van der Waals surface area contributed by atoms with Crippen molar-refractivity contribution in [2.75, 3.05) is 6.54 Å². The van der Waals surface area contributed by atoms with E-state index in [0.29, 0.717) is 5.82 Å². The van der Waals surface area contributed by atoms with Gasteiger partial charge < -0.3 is 4.90 Å². The van der Waals surface area contributed by atoms with Crippen molar-refractivity contribution in [2.24, 2.45) is 0 Å². The fourth-order valence-corrected chi connectivity index (χ4v) is 4.52. The number of nitrogens with one attached hydrogen (secondary N) is 2. The zero-order valence-electron chi connectivity index (χ0n) is 18.1. The highest BCUT2D eigenvalue weighted by molar-refractivity contribution is 7.84. The van der Waals surface area contributed by atoms with Crippen molar-refractivity contribution in [3.8, 4) is 22.5 Å². The van der Waals surface area contributed by atoms with Gasteiger partial charge in [0.2, 0.25) is 5.82 Å². The molecule has 3 heterocycles. The standard InChI is InChI=1S/C23H26N8S/c1-3-12-29-14-16(2)30-15-21(32)26-31(30)22(29)13-17-8-10-18(11-9-17)19-6-4-5-7-20(19)23-24-27-28-25-23/h4-11,14-15,22,26,32H,3,12-13H2,1-2H3,(H,24,25,27,28). The van der Waals surface area contributed by atoms with Crippen molar-refractivity contribution in [3.05, 3.63) is 77.2 Å². The van der Waals surface area contributed by atoms with E-state index >= 15 is 0 Å². The summed E-state index contributed by atoms with van der Waals surface area (Å²) in [5, 5.41) is 19.7. The number of aromatic nitrogens is 4. The van der Waals surface area contributed by atoms with Crippen LogP contribution in [0.3, 0.4) is 0 Å². The molecular weight excluding hydrogens is 420 g/mol. The Labute approximate surface area is 193 Å². The molecule has 2 N–H and O–H groups in total. The van der Waals surface area contributed by atoms with Crippen molar-refractivity contribution in [2.45, 2.75) is 32.9 Å². The van der Waals surface area contributed by atoms with E-state index in [0.717, 1.165) is 41.1 Å². The summed E-state index contributed by atoms with van der Waals surface area (Å²) in [6.07, 6.45) is 6.36. The van der Waals surface area contributed by atoms with E-state index in [4.69, 9.17) is 0 Å². The number of fused-ring (bicyclic) bond motifs is 1. The number of tetrazole rings is 1. The lowest BCUT2D eigenvalue weighted by Gasteiger charge is -2.45. The molecule has 8 nitrogen and oxygen atoms in total. The van der Waals surface area contributed by atoms with Gasteiger partial charge in [0.25, 0.3) is 0 Å². The van der Waals surface area contributed by atoms with Gasteiger partial charge in [0.05, 0.1) is 11.2 Å². The zero-order chi connectivity index (χ0) is 22.1. The van der Waals surface area contributed by atoms with Crippen LogP contribution in [0.25, 0.3) is 22.5 Å². The van der Waals surface area contributed by atoms with E-state index in [1.807, 2.05) is 24.4 Å². The molecule has 2 aliphatic heterocycles. The highest BCUT2D eigenvalue weighted by Gasteiger charge is 2.35. The molecule has 3 aromatic rings. The Balaban J connectivity index is 1.40. The molecule has 0 aliphatic carbocycles. The number of hydrogen-bond donors (Lipinski definition) is 3. The number of thiol groups is 1. The third-order valence-electron chi connectivity index (χ3n) is 5.76. The van der Waals surface area contributed by atoms with Crippen molar-refractivity contribution < 1.29 is 0 Å². The van der Waals surface area contributed by atoms with Crippen LogP contribution >= 0.6 is 12.6 Å². The summed E-state index contributed by atoms with van der Waals surface area (Å²) in [6, 6.07) is 16.9. The summed E-state index contributed by atoms with van der Waals surface area (Å²) in [5.41, 5.74) is 8.98. The lowest BCUT2D eigenvalue weighted by molar-refractivity contribution is -0.0858. The van der Waals surface area contributed by atoms with Gasteiger partial charge in [-0.3, -0.25) is 10.4 Å². The van der Waals surface area contributed by atoms with E-state index in [-0.39, 0.29) is 6.17 Å². The molecule has 0 saturated carbocycles. The smallest absolute Gasteiger partial charge is 0.205 e. The van der Waals surface area contributed by atoms with Gasteiger partial charge in [-0.1, -0.05) is 55.5 Å². The molecule has 0 bridgehead atoms. The summed E-state index contributed by atoms with van der Waals surface area (Å²) in [7, 11) is 0. The van der Waals surface area contributed by atoms with Gasteiger partial charge in [0, 0.05) is 30.4 Å². The van der Waals surface area contributed by atoms with Crippen LogP contribution in [0.5, 0.6) is 0 Å². The number of allylic oxidation sites excluding steroid dienone is 1. The van der Waals surface area contributed by atoms with Crippen LogP contribution in [0.4, 0.5) is 0 Å². The summed E-state index contributed by atoms with van der Waals surface area (Å²) in [6.45, 7) is 5.32. The van der Waals surface area contributed by atoms with E-state index in [2.05, 4.69) is 104 Å². The van der Waals surface area contributed by atoms with Gasteiger partial charge >= 0.3 is 0 Å². The highest BCUT2D eigenvalue weighted by Crippen LogP contribution is 2.32. The number of rotatable bonds is 6. The molecule has 1 unspecified atom stereocenters. The van der Waals surface area contributed by atoms with Crippen molar-refractivity contribution in [3.63, 3.8) is 0 Å². The van der Waals surface area contributed by atoms with Crippen LogP contribution in [-0.2, 0) is 6.42 Å². The third kappa shape index (κ3) is 3.85. The first kappa shape index (κ1) is 20.6. The molecule has 0 saturated heterocycles. The van der Waals surface area contributed by atoms with Crippen LogP contribution in [0.15, 0.2) is 71.7 Å². The van der Waals surface area contributed by atoms with Crippen molar-refractivity contribution >= 4 is 12.6 Å². The lowest BCUT2D eigenvalue weighted by Crippen LogP contribution is -2.58. The van der Waals surface area contributed by atoms with Crippen LogP contribution < -0.4 is 5.43 Å². The van der Waals surface area contributed by atoms with Gasteiger partial charge in [0.15, 0.2) is 0 Å². The lowest BCUT2D eigenvalue weighted by atomic mass is 9.97. The van der Waals surface area contributed by atoms with Gasteiger partial charge in [-0.2, -0.15) is 5.21 Å². The molecule has 0 spiro atoms. The largest absolute Gasteiger partial charge is 0.357 e. The van der Waals surface area contributed by atoms with Gasteiger partial charge in [-0.25, -0.2) is 0 Å². The quantitative estimate of drug-likeness (QED) is 0.498. The Bertz CT molecular complexity index is 1140. The first-order valence-electron chi connectivity index (χ1n) is 10.8. The monoisotopic (exact) mass is 446 g/mol. The summed E-state index contributed by atoms with van der Waals surface area (Å²) in [4.78, 5) is 2.40. The minimum Gasteiger partial charge on any atom is -0.357 e. The number of nitrogens with zero attached hydrogens (tertiary/aromatic N) is 6. The van der Waals surface area contributed by atoms with Gasteiger partial charge in [-0.05, 0) is 35.2 Å². The Hall–Kier alpha value is -3.30. The molecule has 0 amide bonds. The predicted octanol–water partition coefficient (Wildman–Crippen LogP) is 3.76. The Kier molecular flexibility index (Phi) is 5.59. The fourth-order valence-electron chi connectivity index (χ4n) is 4.31. The second-order valence-electron chi connectivity index (χ2n) is 7.99. The maximum atomic E-state index is 4.53. The second-order valence-corrected chi connectivity index (χ2v) is 8.47. The Morgan fingerprint density at radius 1 is 1.03 bits per heavy atom. The normalized spacial score (nSPS) is 18.3. The molecule has 0 fully saturated rings. The average molecular weight is 447 g/mol. The topological polar surface area (TPSA) is 76.2 Å². The molecule has 164 valence electrons. The third-order valence-corrected chi connectivity index (χ3v) is 5.98. The molecule has 2 aromatic carbocycles. The Morgan fingerprint density at radius 3 is 2.53 bits per heavy atom. The van der Waals surface area contributed by atoms with Crippen LogP contribution in [-0.4, -0.2) is 48.4 Å². The van der Waals surface area contributed by atoms with Gasteiger partial charge in [-0.15, -0.1) is 27.9 Å². The Morgan fingerprint density at radius 2 is 1.81 bits per heavy atom. The zero-order valence-corrected chi connectivity index (χ0v) is 19.0. The van der Waals surface area contributed by atoms with E-state index in [1.165, 1.54) is 11.3 Å². The average Bonchev–Trinajstić information content (AvgIpc) is 3.47. The van der Waals surface area contributed by atoms with Crippen LogP contribution in [0.2, 0.25) is 0 Å². The first-order valence-corrected chi connectivity index (χ1v) is 11.2. The molecule has 5 rings (SSSR count). The maximum absolute atomic E-state index is 4.53. The minimum absolute atomic E-state index is 0.150. The molecule has 1 atom stereocenters. The minimum atomic E-state index is 0.150. The SMILES string of the molecule is CCCN1C=C(C)N2C=C(S)NN2C1Cc1ccc(-c2ccccc2-c2nn[nH]n2)cc1. The number of hydrazine groups is 2. The van der Waals surface area contributed by atoms with Crippen LogP contribution in [0.1, 0.15) is 25.8 Å². The number of hydrogen-bond acceptors (Lipinski definition) is 8. The summed E-state index contributed by atoms with van der Waals surface area (Å²) >= 11 is 4.53. The molecular formula is C23H26N8S. The van der Waals surface area contributed by atoms with Crippen molar-refractivity contribution in [1.82, 2.24) is 41.1 Å². The van der Waals surface area contributed by atoms with Gasteiger partial charge in [0.1, 0.15) is 6.17 Å². The fraction of sp³-hybridized carbons (Fsp3) is 0.261. The molecule has 32 heavy (non-hydrogen) atoms. The summed E-state index contributed by atoms with van der Waals surface area (Å²) in [5.74, 6) is 0.597. The molecule has 0 radical (unpaired) electrons. The van der Waals surface area contributed by atoms with E-state index < -0.39 is 0 Å². The number of aromatic amines is 1. The molecule has 9 heteroatoms. The van der Waals surface area contributed by atoms with Crippen molar-refractivity contribution in [1.29, 1.82) is 0 Å². The summed E-state index contributed by atoms with van der Waals surface area (Å²) < 4.78 is 0. The van der Waals surface area contributed by atoms with Crippen LogP contribution in [0, 0.1) is 0 Å².